The summed E-state index contributed by atoms with van der Waals surface area (Å²) < 4.78 is 71.9. The number of aliphatic hydroxyl groups is 1. The second-order valence-corrected chi connectivity index (χ2v) is 11.0. The summed E-state index contributed by atoms with van der Waals surface area (Å²) in [5.74, 6) is -1.85. The zero-order chi connectivity index (χ0) is 30.4. The third-order valence-corrected chi connectivity index (χ3v) is 7.46. The third-order valence-electron chi connectivity index (χ3n) is 7.46. The van der Waals surface area contributed by atoms with Crippen LogP contribution < -0.4 is 16.4 Å². The molecule has 1 fully saturated rings. The Labute approximate surface area is 235 Å². The molecule has 3 N–H and O–H groups in total. The first-order valence-electron chi connectivity index (χ1n) is 13.2. The van der Waals surface area contributed by atoms with E-state index in [2.05, 4.69) is 20.4 Å². The zero-order valence-electron chi connectivity index (χ0n) is 22.6. The number of H-pyrrole nitrogens is 1. The van der Waals surface area contributed by atoms with Gasteiger partial charge < -0.3 is 15.0 Å². The van der Waals surface area contributed by atoms with Crippen LogP contribution in [0.4, 0.5) is 27.6 Å². The topological polar surface area (TPSA) is 126 Å². The molecule has 4 aromatic rings. The first-order valence-corrected chi connectivity index (χ1v) is 13.2. The van der Waals surface area contributed by atoms with Crippen LogP contribution in [0.2, 0.25) is 0 Å². The molecule has 0 aliphatic heterocycles. The van der Waals surface area contributed by atoms with Crippen molar-refractivity contribution < 1.29 is 27.1 Å². The Hall–Kier alpha value is -4.20. The van der Waals surface area contributed by atoms with E-state index >= 15 is 8.78 Å². The highest BCUT2D eigenvalue weighted by atomic mass is 19.4. The molecule has 1 aromatic carbocycles. The minimum absolute atomic E-state index is 0.0454. The van der Waals surface area contributed by atoms with Gasteiger partial charge in [0, 0.05) is 42.1 Å². The fourth-order valence-electron chi connectivity index (χ4n) is 5.33. The van der Waals surface area contributed by atoms with Gasteiger partial charge >= 0.3 is 6.18 Å². The van der Waals surface area contributed by atoms with E-state index in [1.807, 2.05) is 0 Å². The van der Waals surface area contributed by atoms with Gasteiger partial charge in [-0.2, -0.15) is 18.3 Å². The quantitative estimate of drug-likeness (QED) is 0.277. The second kappa shape index (κ2) is 10.9. The molecule has 0 amide bonds. The Morgan fingerprint density at radius 1 is 1.05 bits per heavy atom. The van der Waals surface area contributed by atoms with E-state index in [9.17, 15) is 27.9 Å². The van der Waals surface area contributed by atoms with Crippen molar-refractivity contribution in [3.8, 4) is 11.4 Å². The van der Waals surface area contributed by atoms with Gasteiger partial charge in [-0.15, -0.1) is 0 Å². The number of pyridine rings is 1. The van der Waals surface area contributed by atoms with Crippen molar-refractivity contribution in [1.29, 1.82) is 0 Å². The monoisotopic (exact) mass is 590 g/mol. The lowest BCUT2D eigenvalue weighted by atomic mass is 9.85. The summed E-state index contributed by atoms with van der Waals surface area (Å²) in [5, 5.41) is 17.8. The van der Waals surface area contributed by atoms with Crippen molar-refractivity contribution in [2.24, 2.45) is 5.92 Å². The summed E-state index contributed by atoms with van der Waals surface area (Å²) in [7, 11) is 0. The van der Waals surface area contributed by atoms with Crippen molar-refractivity contribution in [2.75, 3.05) is 5.32 Å². The van der Waals surface area contributed by atoms with Gasteiger partial charge in [0.1, 0.15) is 17.2 Å². The summed E-state index contributed by atoms with van der Waals surface area (Å²) in [5.41, 5.74) is -4.71. The molecule has 0 bridgehead atoms. The van der Waals surface area contributed by atoms with E-state index in [4.69, 9.17) is 0 Å². The average Bonchev–Trinajstić information content (AvgIpc) is 2.90. The Kier molecular flexibility index (Phi) is 7.60. The number of halogens is 5. The van der Waals surface area contributed by atoms with Crippen molar-refractivity contribution in [2.45, 2.75) is 63.9 Å². The molecule has 14 heteroatoms. The molecule has 1 saturated carbocycles. The number of hydrogen-bond donors (Lipinski definition) is 3. The zero-order valence-corrected chi connectivity index (χ0v) is 22.6. The van der Waals surface area contributed by atoms with Gasteiger partial charge in [0.15, 0.2) is 5.82 Å². The molecule has 2 atom stereocenters. The Morgan fingerprint density at radius 2 is 1.76 bits per heavy atom. The Bertz CT molecular complexity index is 1750. The van der Waals surface area contributed by atoms with E-state index in [0.29, 0.717) is 31.2 Å². The van der Waals surface area contributed by atoms with Crippen LogP contribution in [-0.4, -0.2) is 35.9 Å². The Balaban J connectivity index is 1.39. The molecule has 1 aliphatic carbocycles. The van der Waals surface area contributed by atoms with Gasteiger partial charge in [-0.25, -0.2) is 23.8 Å². The summed E-state index contributed by atoms with van der Waals surface area (Å²) in [6.45, 7) is 3.15. The molecule has 0 unspecified atom stereocenters. The van der Waals surface area contributed by atoms with Crippen LogP contribution in [0, 0.1) is 17.6 Å². The molecule has 0 spiro atoms. The summed E-state index contributed by atoms with van der Waals surface area (Å²) in [6, 6.07) is 1.65. The largest absolute Gasteiger partial charge is 0.423 e. The molecule has 42 heavy (non-hydrogen) atoms. The molecule has 9 nitrogen and oxygen atoms in total. The number of benzene rings is 1. The predicted molar refractivity (Wildman–Crippen MR) is 144 cm³/mol. The number of rotatable bonds is 6. The van der Waals surface area contributed by atoms with Crippen molar-refractivity contribution >= 4 is 16.5 Å². The summed E-state index contributed by atoms with van der Waals surface area (Å²) >= 11 is 0. The van der Waals surface area contributed by atoms with E-state index in [-0.39, 0.29) is 34.6 Å². The van der Waals surface area contributed by atoms with Crippen LogP contribution >= 0.6 is 0 Å². The van der Waals surface area contributed by atoms with Crippen molar-refractivity contribution in [3.63, 3.8) is 0 Å². The van der Waals surface area contributed by atoms with Gasteiger partial charge in [-0.05, 0) is 51.2 Å². The maximum absolute atomic E-state index is 15.3. The smallest absolute Gasteiger partial charge is 0.386 e. The molecular formula is C28H27F5N6O3. The minimum Gasteiger partial charge on any atom is -0.386 e. The fraction of sp³-hybridized carbons (Fsp3) is 0.393. The van der Waals surface area contributed by atoms with E-state index in [1.165, 1.54) is 18.5 Å². The SMILES string of the molecule is CC(C)(O)c1cnc(-c2cc3c(F)cn(C[C@@H]4CCC[C@H](Nc5cn[nH]c(=O)c5C(F)(F)F)C4)c(=O)c3cc2F)nc1. The highest BCUT2D eigenvalue weighted by molar-refractivity contribution is 5.86. The highest BCUT2D eigenvalue weighted by Crippen LogP contribution is 2.34. The second-order valence-electron chi connectivity index (χ2n) is 11.0. The fourth-order valence-corrected chi connectivity index (χ4v) is 5.33. The first-order chi connectivity index (χ1) is 19.7. The number of nitrogens with one attached hydrogen (secondary N) is 2. The van der Waals surface area contributed by atoms with Crippen LogP contribution in [0.3, 0.4) is 0 Å². The summed E-state index contributed by atoms with van der Waals surface area (Å²) in [6.07, 6.45) is 1.85. The maximum atomic E-state index is 15.3. The number of hydrogen-bond acceptors (Lipinski definition) is 7. The number of alkyl halides is 3. The molecular weight excluding hydrogens is 563 g/mol. The molecule has 3 heterocycles. The number of nitrogens with zero attached hydrogens (tertiary/aromatic N) is 4. The molecule has 222 valence electrons. The number of anilines is 1. The first kappa shape index (κ1) is 29.3. The molecule has 3 aromatic heterocycles. The molecule has 0 saturated heterocycles. The molecule has 0 radical (unpaired) electrons. The van der Waals surface area contributed by atoms with E-state index in [1.54, 1.807) is 18.9 Å². The average molecular weight is 591 g/mol. The number of fused-ring (bicyclic) bond motifs is 1. The van der Waals surface area contributed by atoms with Crippen LogP contribution in [0.15, 0.2) is 46.5 Å². The highest BCUT2D eigenvalue weighted by Gasteiger charge is 2.38. The molecule has 5 rings (SSSR count). The van der Waals surface area contributed by atoms with Gasteiger partial charge in [-0.3, -0.25) is 9.59 Å². The van der Waals surface area contributed by atoms with Gasteiger partial charge in [-0.1, -0.05) is 6.42 Å². The van der Waals surface area contributed by atoms with Crippen LogP contribution in [0.1, 0.15) is 50.7 Å². The Morgan fingerprint density at radius 3 is 2.43 bits per heavy atom. The lowest BCUT2D eigenvalue weighted by molar-refractivity contribution is -0.138. The third kappa shape index (κ3) is 5.89. The van der Waals surface area contributed by atoms with Crippen molar-refractivity contribution in [3.05, 3.63) is 80.4 Å². The number of aromatic nitrogens is 5. The standard InChI is InChI=1S/C28H27F5N6O3/c1-27(2,42)15-9-34-24(35-10-15)19-7-17-18(8-20(19)29)26(41)39(13-21(17)30)12-14-4-3-5-16(6-14)37-22-11-36-38-25(40)23(22)28(31,32)33/h7-11,13-14,16,42H,3-6,12H2,1-2H3,(H2,37,38,40)/t14-,16+/m1/s1. The molecule has 1 aliphatic rings. The van der Waals surface area contributed by atoms with Gasteiger partial charge in [0.05, 0.1) is 28.4 Å². The summed E-state index contributed by atoms with van der Waals surface area (Å²) in [4.78, 5) is 33.2. The van der Waals surface area contributed by atoms with Crippen LogP contribution in [0.25, 0.3) is 22.2 Å². The van der Waals surface area contributed by atoms with Gasteiger partial charge in [0.2, 0.25) is 0 Å². The number of aromatic amines is 1. The lowest BCUT2D eigenvalue weighted by Gasteiger charge is -2.31. The van der Waals surface area contributed by atoms with Crippen LogP contribution in [0.5, 0.6) is 0 Å². The maximum Gasteiger partial charge on any atom is 0.423 e. The minimum atomic E-state index is -4.89. The van der Waals surface area contributed by atoms with Crippen LogP contribution in [-0.2, 0) is 18.3 Å². The van der Waals surface area contributed by atoms with Gasteiger partial charge in [0.25, 0.3) is 11.1 Å². The van der Waals surface area contributed by atoms with E-state index in [0.717, 1.165) is 23.0 Å². The predicted octanol–water partition coefficient (Wildman–Crippen LogP) is 4.74. The lowest BCUT2D eigenvalue weighted by Crippen LogP contribution is -2.34. The van der Waals surface area contributed by atoms with Crippen molar-refractivity contribution in [1.82, 2.24) is 24.7 Å². The van der Waals surface area contributed by atoms with E-state index < -0.39 is 51.8 Å². The normalized spacial score (nSPS) is 17.9.